The van der Waals surface area contributed by atoms with E-state index in [0.717, 1.165) is 25.1 Å². The van der Waals surface area contributed by atoms with Gasteiger partial charge in [0.2, 0.25) is 0 Å². The third-order valence-electron chi connectivity index (χ3n) is 3.68. The van der Waals surface area contributed by atoms with Crippen LogP contribution in [0, 0.1) is 10.1 Å². The summed E-state index contributed by atoms with van der Waals surface area (Å²) < 4.78 is 0. The van der Waals surface area contributed by atoms with Crippen molar-refractivity contribution in [2.24, 2.45) is 0 Å². The summed E-state index contributed by atoms with van der Waals surface area (Å²) in [6, 6.07) is 1.10. The lowest BCUT2D eigenvalue weighted by molar-refractivity contribution is -0.385. The normalized spacial score (nSPS) is 16.7. The number of nitro groups is 1. The first kappa shape index (κ1) is 15.7. The molecule has 1 aliphatic rings. The van der Waals surface area contributed by atoms with Gasteiger partial charge in [-0.05, 0) is 12.8 Å². The minimum Gasteiger partial charge on any atom is -0.388 e. The van der Waals surface area contributed by atoms with E-state index in [4.69, 9.17) is 11.6 Å². The lowest BCUT2D eigenvalue weighted by Gasteiger charge is -2.28. The molecule has 0 spiro atoms. The average Bonchev–Trinajstić information content (AvgIpc) is 2.84. The summed E-state index contributed by atoms with van der Waals surface area (Å²) in [5.41, 5.74) is -1.21. The van der Waals surface area contributed by atoms with Gasteiger partial charge in [-0.1, -0.05) is 24.4 Å². The Hall–Kier alpha value is -1.73. The molecule has 1 N–H and O–H groups in total. The van der Waals surface area contributed by atoms with Crippen molar-refractivity contribution in [1.29, 1.82) is 0 Å². The SMILES string of the molecule is CN(CC1(O)CCCC1)C(=O)c1cc([N+](=O)[O-])cnc1Cl. The Morgan fingerprint density at radius 1 is 1.57 bits per heavy atom. The Balaban J connectivity index is 2.18. The van der Waals surface area contributed by atoms with Crippen LogP contribution in [-0.4, -0.2) is 45.0 Å². The molecule has 0 aliphatic heterocycles. The molecule has 1 amide bonds. The van der Waals surface area contributed by atoms with Crippen molar-refractivity contribution in [3.8, 4) is 0 Å². The van der Waals surface area contributed by atoms with Crippen molar-refractivity contribution < 1.29 is 14.8 Å². The third kappa shape index (κ3) is 3.48. The number of carbonyl (C=O) groups is 1. The molecular weight excluding hydrogens is 298 g/mol. The number of pyridine rings is 1. The van der Waals surface area contributed by atoms with Crippen LogP contribution in [0.15, 0.2) is 12.3 Å². The minimum atomic E-state index is -0.884. The van der Waals surface area contributed by atoms with E-state index in [1.165, 1.54) is 11.9 Å². The highest BCUT2D eigenvalue weighted by molar-refractivity contribution is 6.32. The van der Waals surface area contributed by atoms with E-state index < -0.39 is 16.4 Å². The molecule has 7 nitrogen and oxygen atoms in total. The molecule has 0 aromatic carbocycles. The number of nitrogens with zero attached hydrogens (tertiary/aromatic N) is 3. The highest BCUT2D eigenvalue weighted by Gasteiger charge is 2.34. The molecule has 0 atom stereocenters. The summed E-state index contributed by atoms with van der Waals surface area (Å²) in [6.45, 7) is 0.171. The van der Waals surface area contributed by atoms with E-state index in [9.17, 15) is 20.0 Å². The zero-order chi connectivity index (χ0) is 15.6. The van der Waals surface area contributed by atoms with E-state index in [1.54, 1.807) is 0 Å². The minimum absolute atomic E-state index is 0.0324. The molecule has 1 fully saturated rings. The van der Waals surface area contributed by atoms with Crippen LogP contribution in [0.4, 0.5) is 5.69 Å². The second-order valence-electron chi connectivity index (χ2n) is 5.38. The van der Waals surface area contributed by atoms with Crippen molar-refractivity contribution in [2.45, 2.75) is 31.3 Å². The number of amides is 1. The van der Waals surface area contributed by atoms with E-state index in [2.05, 4.69) is 4.98 Å². The van der Waals surface area contributed by atoms with Gasteiger partial charge in [0.1, 0.15) is 11.3 Å². The van der Waals surface area contributed by atoms with Crippen molar-refractivity contribution in [3.05, 3.63) is 33.1 Å². The Bertz CT molecular complexity index is 573. The lowest BCUT2D eigenvalue weighted by Crippen LogP contribution is -2.42. The molecule has 1 aliphatic carbocycles. The van der Waals surface area contributed by atoms with Crippen LogP contribution in [-0.2, 0) is 0 Å². The van der Waals surface area contributed by atoms with Crippen LogP contribution >= 0.6 is 11.6 Å². The van der Waals surface area contributed by atoms with Crippen LogP contribution in [0.25, 0.3) is 0 Å². The van der Waals surface area contributed by atoms with E-state index in [0.29, 0.717) is 12.8 Å². The highest BCUT2D eigenvalue weighted by Crippen LogP contribution is 2.30. The molecule has 114 valence electrons. The van der Waals surface area contributed by atoms with Gasteiger partial charge >= 0.3 is 0 Å². The standard InChI is InChI=1S/C13H16ClN3O4/c1-16(8-13(19)4-2-3-5-13)12(18)10-6-9(17(20)21)7-15-11(10)14/h6-7,19H,2-5,8H2,1H3. The molecule has 0 saturated heterocycles. The highest BCUT2D eigenvalue weighted by atomic mass is 35.5. The first-order chi connectivity index (χ1) is 9.82. The molecule has 0 bridgehead atoms. The number of carbonyl (C=O) groups excluding carboxylic acids is 1. The Morgan fingerprint density at radius 3 is 2.76 bits per heavy atom. The van der Waals surface area contributed by atoms with E-state index >= 15 is 0 Å². The van der Waals surface area contributed by atoms with Gasteiger partial charge in [0.05, 0.1) is 16.1 Å². The van der Waals surface area contributed by atoms with Crippen molar-refractivity contribution >= 4 is 23.2 Å². The van der Waals surface area contributed by atoms with Crippen LogP contribution in [0.2, 0.25) is 5.15 Å². The van der Waals surface area contributed by atoms with Crippen molar-refractivity contribution in [2.75, 3.05) is 13.6 Å². The summed E-state index contributed by atoms with van der Waals surface area (Å²) in [5, 5.41) is 21.0. The van der Waals surface area contributed by atoms with Crippen molar-refractivity contribution in [1.82, 2.24) is 9.88 Å². The predicted octanol–water partition coefficient (Wildman–Crippen LogP) is 2.02. The maximum atomic E-state index is 12.3. The topological polar surface area (TPSA) is 96.6 Å². The molecule has 1 aromatic rings. The smallest absolute Gasteiger partial charge is 0.288 e. The van der Waals surface area contributed by atoms with Gasteiger partial charge in [-0.3, -0.25) is 14.9 Å². The summed E-state index contributed by atoms with van der Waals surface area (Å²) >= 11 is 5.85. The fourth-order valence-corrected chi connectivity index (χ4v) is 2.78. The fraction of sp³-hybridized carbons (Fsp3) is 0.538. The number of aromatic nitrogens is 1. The van der Waals surface area contributed by atoms with Crippen LogP contribution in [0.5, 0.6) is 0 Å². The summed E-state index contributed by atoms with van der Waals surface area (Å²) in [5.74, 6) is -0.489. The van der Waals surface area contributed by atoms with Crippen LogP contribution in [0.1, 0.15) is 36.0 Å². The first-order valence-corrected chi connectivity index (χ1v) is 6.98. The number of likely N-dealkylation sites (N-methyl/N-ethyl adjacent to an activating group) is 1. The van der Waals surface area contributed by atoms with Crippen molar-refractivity contribution in [3.63, 3.8) is 0 Å². The van der Waals surface area contributed by atoms with E-state index in [-0.39, 0.29) is 22.9 Å². The fourth-order valence-electron chi connectivity index (χ4n) is 2.60. The molecule has 2 rings (SSSR count). The molecule has 21 heavy (non-hydrogen) atoms. The molecular formula is C13H16ClN3O4. The zero-order valence-electron chi connectivity index (χ0n) is 11.6. The Kier molecular flexibility index (Phi) is 4.43. The second kappa shape index (κ2) is 5.95. The number of hydrogen-bond donors (Lipinski definition) is 1. The average molecular weight is 314 g/mol. The Morgan fingerprint density at radius 2 is 2.19 bits per heavy atom. The zero-order valence-corrected chi connectivity index (χ0v) is 12.3. The van der Waals surface area contributed by atoms with Gasteiger partial charge in [0, 0.05) is 19.7 Å². The summed E-state index contributed by atoms with van der Waals surface area (Å²) in [6.07, 6.45) is 4.15. The first-order valence-electron chi connectivity index (χ1n) is 6.60. The lowest BCUT2D eigenvalue weighted by atomic mass is 10.0. The van der Waals surface area contributed by atoms with E-state index in [1.807, 2.05) is 0 Å². The van der Waals surface area contributed by atoms with Gasteiger partial charge in [-0.25, -0.2) is 4.98 Å². The monoisotopic (exact) mass is 313 g/mol. The molecule has 1 saturated carbocycles. The largest absolute Gasteiger partial charge is 0.388 e. The van der Waals surface area contributed by atoms with Gasteiger partial charge in [-0.2, -0.15) is 0 Å². The molecule has 0 unspecified atom stereocenters. The molecule has 1 heterocycles. The van der Waals surface area contributed by atoms with Crippen LogP contribution < -0.4 is 0 Å². The number of rotatable bonds is 4. The third-order valence-corrected chi connectivity index (χ3v) is 3.98. The molecule has 8 heteroatoms. The van der Waals surface area contributed by atoms with Crippen LogP contribution in [0.3, 0.4) is 0 Å². The Labute approximate surface area is 126 Å². The van der Waals surface area contributed by atoms with Gasteiger partial charge in [-0.15, -0.1) is 0 Å². The van der Waals surface area contributed by atoms with Gasteiger partial charge in [0.15, 0.2) is 0 Å². The number of aliphatic hydroxyl groups is 1. The molecule has 0 radical (unpaired) electrons. The van der Waals surface area contributed by atoms with Gasteiger partial charge in [0.25, 0.3) is 11.6 Å². The van der Waals surface area contributed by atoms with Gasteiger partial charge < -0.3 is 10.0 Å². The maximum Gasteiger partial charge on any atom is 0.288 e. The number of halogens is 1. The summed E-state index contributed by atoms with van der Waals surface area (Å²) in [4.78, 5) is 27.4. The quantitative estimate of drug-likeness (QED) is 0.521. The number of hydrogen-bond acceptors (Lipinski definition) is 5. The maximum absolute atomic E-state index is 12.3. The molecule has 1 aromatic heterocycles. The second-order valence-corrected chi connectivity index (χ2v) is 5.74. The predicted molar refractivity (Wildman–Crippen MR) is 76.3 cm³/mol. The summed E-state index contributed by atoms with van der Waals surface area (Å²) in [7, 11) is 1.54.